The van der Waals surface area contributed by atoms with Crippen LogP contribution in [-0.4, -0.2) is 33.2 Å². The van der Waals surface area contributed by atoms with Gasteiger partial charge in [-0.25, -0.2) is 8.02 Å². The van der Waals surface area contributed by atoms with E-state index in [9.17, 15) is 12.8 Å². The summed E-state index contributed by atoms with van der Waals surface area (Å²) in [7, 11) is -5.53. The van der Waals surface area contributed by atoms with Crippen molar-refractivity contribution in [3.05, 3.63) is 0 Å². The molecule has 0 unspecified atom stereocenters. The molecule has 64 valence electrons. The lowest BCUT2D eigenvalue weighted by atomic mass is 11.8. The van der Waals surface area contributed by atoms with E-state index in [-0.39, 0.29) is 0 Å². The van der Waals surface area contributed by atoms with E-state index in [1.807, 2.05) is 0 Å². The van der Waals surface area contributed by atoms with Gasteiger partial charge < -0.3 is 0 Å². The van der Waals surface area contributed by atoms with Crippen LogP contribution in [0, 0.1) is 0 Å². The molecule has 0 aromatic rings. The van der Waals surface area contributed by atoms with Crippen molar-refractivity contribution in [3.63, 3.8) is 0 Å². The molecule has 0 N–H and O–H groups in total. The summed E-state index contributed by atoms with van der Waals surface area (Å²) in [6.07, 6.45) is 4.88. The maximum absolute atomic E-state index is 11.6. The zero-order chi connectivity index (χ0) is 8.41. The Hall–Kier alpha value is 0.190. The fraction of sp³-hybridized carbons (Fsp3) is 1.00. The number of rotatable bonds is 3. The Kier molecular flexibility index (Phi) is 3.12. The van der Waals surface area contributed by atoms with Gasteiger partial charge in [0, 0.05) is 0 Å². The van der Waals surface area contributed by atoms with Gasteiger partial charge in [-0.2, -0.15) is 8.42 Å². The zero-order valence-corrected chi connectivity index (χ0v) is 7.76. The smallest absolute Gasteiger partial charge is 0.231 e. The molecule has 10 heavy (non-hydrogen) atoms. The van der Waals surface area contributed by atoms with Crippen LogP contribution in [0.2, 0.25) is 0 Å². The molecule has 0 saturated heterocycles. The van der Waals surface area contributed by atoms with Crippen LogP contribution in [0.25, 0.3) is 0 Å². The minimum Gasteiger partial charge on any atom is -0.231 e. The Bertz CT molecular complexity index is 191. The second-order valence-corrected chi connectivity index (χ2v) is 7.79. The summed E-state index contributed by atoms with van der Waals surface area (Å²) < 4.78 is 36.9. The highest BCUT2D eigenvalue weighted by Gasteiger charge is 2.17. The van der Waals surface area contributed by atoms with Crippen molar-refractivity contribution >= 4 is 20.4 Å². The largest absolute Gasteiger partial charge is 0.306 e. The first kappa shape index (κ1) is 10.2. The van der Waals surface area contributed by atoms with Crippen molar-refractivity contribution in [1.82, 2.24) is 0 Å². The van der Waals surface area contributed by atoms with Gasteiger partial charge in [-0.3, -0.25) is 0 Å². The first-order valence-corrected chi connectivity index (χ1v) is 6.81. The number of halogens is 1. The van der Waals surface area contributed by atoms with Crippen molar-refractivity contribution in [3.8, 4) is 0 Å². The summed E-state index contributed by atoms with van der Waals surface area (Å²) in [6, 6.07) is -1.45. The molecule has 6 heteroatoms. The van der Waals surface area contributed by atoms with Gasteiger partial charge in [0.15, 0.2) is 0 Å². The van der Waals surface area contributed by atoms with Crippen molar-refractivity contribution < 1.29 is 16.4 Å². The van der Waals surface area contributed by atoms with Gasteiger partial charge in [0.1, 0.15) is 0 Å². The Balaban J connectivity index is 4.18. The van der Waals surface area contributed by atoms with Crippen LogP contribution >= 0.6 is 10.3 Å². The van der Waals surface area contributed by atoms with Crippen LogP contribution in [0.15, 0.2) is 0 Å². The van der Waals surface area contributed by atoms with E-state index in [0.717, 1.165) is 0 Å². The predicted molar refractivity (Wildman–Crippen MR) is 41.3 cm³/mol. The predicted octanol–water partition coefficient (Wildman–Crippen LogP) is 0.869. The summed E-state index contributed by atoms with van der Waals surface area (Å²) >= 11 is 0. The topological polar surface area (TPSA) is 43.4 Å². The molecule has 3 nitrogen and oxygen atoms in total. The second-order valence-electron chi connectivity index (χ2n) is 2.46. The molecule has 0 heterocycles. The molecule has 0 aromatic carbocycles. The maximum atomic E-state index is 11.6. The highest BCUT2D eigenvalue weighted by atomic mass is 32.3. The van der Waals surface area contributed by atoms with Crippen LogP contribution in [0.1, 0.15) is 0 Å². The molecule has 0 radical (unpaired) electrons. The highest BCUT2D eigenvalue weighted by Crippen LogP contribution is 2.38. The molecule has 0 aromatic heterocycles. The Morgan fingerprint density at radius 2 is 1.70 bits per heavy atom. The maximum Gasteiger partial charge on any atom is 0.306 e. The monoisotopic (exact) mass is 190 g/mol. The Morgan fingerprint density at radius 3 is 1.80 bits per heavy atom. The molecule has 0 aliphatic carbocycles. The first-order chi connectivity index (χ1) is 4.27. The van der Waals surface area contributed by atoms with Gasteiger partial charge in [0.25, 0.3) is 0 Å². The molecule has 0 spiro atoms. The number of hydrogen-bond acceptors (Lipinski definition) is 3. The first-order valence-electron chi connectivity index (χ1n) is 2.45. The zero-order valence-electron chi connectivity index (χ0n) is 6.13. The molecular weight excluding hydrogens is 179 g/mol. The third kappa shape index (κ3) is 5.01. The lowest BCUT2D eigenvalue weighted by Gasteiger charge is -2.22. The fourth-order valence-corrected chi connectivity index (χ4v) is 2.96. The third-order valence-electron chi connectivity index (χ3n) is 0.441. The van der Waals surface area contributed by atoms with Gasteiger partial charge in [0.2, 0.25) is 6.01 Å². The van der Waals surface area contributed by atoms with Crippen LogP contribution in [-0.2, 0) is 13.7 Å². The summed E-state index contributed by atoms with van der Waals surface area (Å²) in [5.74, 6) is 0. The second kappa shape index (κ2) is 3.06. The van der Waals surface area contributed by atoms with Gasteiger partial charge in [-0.05, 0) is 18.8 Å². The van der Waals surface area contributed by atoms with Crippen molar-refractivity contribution in [2.75, 3.05) is 24.8 Å². The molecule has 0 aliphatic heterocycles. The number of alkyl halides is 1. The molecule has 0 rings (SSSR count). The molecule has 0 atom stereocenters. The molecule has 0 aliphatic rings. The summed E-state index contributed by atoms with van der Waals surface area (Å²) in [5, 5.41) is 0. The summed E-state index contributed by atoms with van der Waals surface area (Å²) in [5.41, 5.74) is 0. The van der Waals surface area contributed by atoms with Gasteiger partial charge in [-0.1, -0.05) is 0 Å². The third-order valence-corrected chi connectivity index (χ3v) is 3.17. The lowest BCUT2D eigenvalue weighted by Crippen LogP contribution is -2.09. The van der Waals surface area contributed by atoms with E-state index in [4.69, 9.17) is 0 Å². The van der Waals surface area contributed by atoms with E-state index in [0.29, 0.717) is 0 Å². The highest BCUT2D eigenvalue weighted by molar-refractivity contribution is 8.31. The van der Waals surface area contributed by atoms with Crippen LogP contribution in [0.3, 0.4) is 0 Å². The molecule has 0 fully saturated rings. The van der Waals surface area contributed by atoms with Crippen molar-refractivity contribution in [2.45, 2.75) is 0 Å². The van der Waals surface area contributed by atoms with E-state index in [1.165, 1.54) is 0 Å². The normalized spacial score (nSPS) is 15.2. The summed E-state index contributed by atoms with van der Waals surface area (Å²) in [6.45, 7) is 0. The minimum atomic E-state index is -3.91. The van der Waals surface area contributed by atoms with Gasteiger partial charge in [-0.15, -0.1) is 10.3 Å². The van der Waals surface area contributed by atoms with Crippen molar-refractivity contribution in [2.24, 2.45) is 0 Å². The Morgan fingerprint density at radius 1 is 1.30 bits per heavy atom. The van der Waals surface area contributed by atoms with E-state index < -0.39 is 26.4 Å². The molecule has 0 saturated carbocycles. The molecule has 0 bridgehead atoms. The standard InChI is InChI=1S/C4H11FO3S2/c1-9(2,3)8-10(6,7)4-5/h4H2,1-3H3. The van der Waals surface area contributed by atoms with Crippen LogP contribution in [0.5, 0.6) is 0 Å². The van der Waals surface area contributed by atoms with Gasteiger partial charge >= 0.3 is 10.1 Å². The van der Waals surface area contributed by atoms with Crippen LogP contribution in [0.4, 0.5) is 4.39 Å². The van der Waals surface area contributed by atoms with E-state index in [1.54, 1.807) is 18.8 Å². The lowest BCUT2D eigenvalue weighted by molar-refractivity contribution is 0.471. The molecule has 0 amide bonds. The van der Waals surface area contributed by atoms with Crippen molar-refractivity contribution in [1.29, 1.82) is 0 Å². The quantitative estimate of drug-likeness (QED) is 0.663. The van der Waals surface area contributed by atoms with Gasteiger partial charge in [0.05, 0.1) is 0 Å². The Labute approximate surface area is 62.2 Å². The van der Waals surface area contributed by atoms with Crippen LogP contribution < -0.4 is 0 Å². The van der Waals surface area contributed by atoms with E-state index in [2.05, 4.69) is 3.63 Å². The van der Waals surface area contributed by atoms with E-state index >= 15 is 0 Å². The number of hydrogen-bond donors (Lipinski definition) is 0. The SMILES string of the molecule is CS(C)(C)OS(=O)(=O)CF. The fourth-order valence-electron chi connectivity index (χ4n) is 0.329. The molecular formula is C4H11FO3S2. The average molecular weight is 190 g/mol. The minimum absolute atomic E-state index is 1.45. The summed E-state index contributed by atoms with van der Waals surface area (Å²) in [4.78, 5) is 0. The average Bonchev–Trinajstić information content (AvgIpc) is 1.60.